The molecule has 0 amide bonds. The summed E-state index contributed by atoms with van der Waals surface area (Å²) in [7, 11) is 0. The first-order valence-corrected chi connectivity index (χ1v) is 6.24. The molecule has 0 bridgehead atoms. The number of nitrogens with zero attached hydrogens (tertiary/aromatic N) is 2. The first kappa shape index (κ1) is 12.7. The van der Waals surface area contributed by atoms with Gasteiger partial charge in [0.05, 0.1) is 11.4 Å². The maximum Gasteiger partial charge on any atom is 0.174 e. The van der Waals surface area contributed by atoms with Gasteiger partial charge in [0.2, 0.25) is 0 Å². The Hall–Kier alpha value is -2.27. The van der Waals surface area contributed by atoms with Crippen molar-refractivity contribution >= 4 is 5.65 Å². The average Bonchev–Trinajstić information content (AvgIpc) is 2.82. The van der Waals surface area contributed by atoms with Crippen molar-refractivity contribution in [3.8, 4) is 11.3 Å². The second-order valence-electron chi connectivity index (χ2n) is 4.62. The molecule has 1 aromatic carbocycles. The molecule has 102 valence electrons. The van der Waals surface area contributed by atoms with E-state index in [-0.39, 0.29) is 18.0 Å². The molecule has 0 aliphatic carbocycles. The van der Waals surface area contributed by atoms with Gasteiger partial charge in [-0.2, -0.15) is 0 Å². The molecule has 0 spiro atoms. The fourth-order valence-corrected chi connectivity index (χ4v) is 2.30. The second-order valence-corrected chi connectivity index (χ2v) is 4.62. The van der Waals surface area contributed by atoms with Gasteiger partial charge in [0.15, 0.2) is 11.5 Å². The number of rotatable bonds is 2. The molecule has 20 heavy (non-hydrogen) atoms. The number of hydrogen-bond acceptors (Lipinski definition) is 2. The maximum atomic E-state index is 13.8. The summed E-state index contributed by atoms with van der Waals surface area (Å²) in [5.74, 6) is -0.690. The minimum absolute atomic E-state index is 0.219. The van der Waals surface area contributed by atoms with Gasteiger partial charge >= 0.3 is 0 Å². The number of halogens is 2. The fourth-order valence-electron chi connectivity index (χ4n) is 2.30. The molecule has 2 N–H and O–H groups in total. The fraction of sp³-hybridized carbons (Fsp3) is 0.133. The van der Waals surface area contributed by atoms with Crippen LogP contribution in [0.15, 0.2) is 36.5 Å². The van der Waals surface area contributed by atoms with Crippen molar-refractivity contribution in [3.63, 3.8) is 0 Å². The number of hydrogen-bond donors (Lipinski definition) is 1. The lowest BCUT2D eigenvalue weighted by molar-refractivity contribution is 0.618. The van der Waals surface area contributed by atoms with Gasteiger partial charge in [-0.1, -0.05) is 0 Å². The summed E-state index contributed by atoms with van der Waals surface area (Å²) in [6.45, 7) is 1.90. The molecule has 0 saturated heterocycles. The summed E-state index contributed by atoms with van der Waals surface area (Å²) < 4.78 is 28.8. The number of nitrogens with two attached hydrogens (primary N) is 1. The molecule has 3 nitrogen and oxygen atoms in total. The Morgan fingerprint density at radius 1 is 1.20 bits per heavy atom. The zero-order chi connectivity index (χ0) is 14.3. The molecule has 0 aliphatic rings. The monoisotopic (exact) mass is 273 g/mol. The molecule has 2 heterocycles. The highest BCUT2D eigenvalue weighted by Crippen LogP contribution is 2.26. The summed E-state index contributed by atoms with van der Waals surface area (Å²) in [5, 5.41) is 0. The highest BCUT2D eigenvalue weighted by molar-refractivity contribution is 5.67. The molecule has 5 heteroatoms. The Morgan fingerprint density at radius 2 is 2.00 bits per heavy atom. The number of fused-ring (bicyclic) bond motifs is 1. The zero-order valence-electron chi connectivity index (χ0n) is 10.9. The van der Waals surface area contributed by atoms with Gasteiger partial charge < -0.3 is 5.73 Å². The first-order valence-electron chi connectivity index (χ1n) is 6.24. The summed E-state index contributed by atoms with van der Waals surface area (Å²) in [6.07, 6.45) is 1.72. The Bertz CT molecular complexity index is 793. The highest BCUT2D eigenvalue weighted by atomic mass is 19.1. The van der Waals surface area contributed by atoms with E-state index >= 15 is 0 Å². The zero-order valence-corrected chi connectivity index (χ0v) is 10.9. The van der Waals surface area contributed by atoms with E-state index in [1.54, 1.807) is 35.7 Å². The molecule has 0 radical (unpaired) electrons. The summed E-state index contributed by atoms with van der Waals surface area (Å²) >= 11 is 0. The van der Waals surface area contributed by atoms with Crippen LogP contribution in [-0.2, 0) is 6.54 Å². The van der Waals surface area contributed by atoms with Crippen molar-refractivity contribution in [1.29, 1.82) is 0 Å². The minimum Gasteiger partial charge on any atom is -0.325 e. The standard InChI is InChI=1S/C15H13F2N3/c1-9-7-10(4-5-11(9)16)14-13(8-18)20-6-2-3-12(17)15(20)19-14/h2-7H,8,18H2,1H3. The quantitative estimate of drug-likeness (QED) is 0.780. The van der Waals surface area contributed by atoms with Crippen molar-refractivity contribution in [2.24, 2.45) is 5.73 Å². The molecular weight excluding hydrogens is 260 g/mol. The van der Waals surface area contributed by atoms with Gasteiger partial charge in [-0.05, 0) is 42.8 Å². The van der Waals surface area contributed by atoms with Crippen LogP contribution in [0, 0.1) is 18.6 Å². The van der Waals surface area contributed by atoms with Gasteiger partial charge in [0, 0.05) is 18.3 Å². The maximum absolute atomic E-state index is 13.8. The number of imidazole rings is 1. The number of benzene rings is 1. The first-order chi connectivity index (χ1) is 9.61. The summed E-state index contributed by atoms with van der Waals surface area (Å²) in [5.41, 5.74) is 8.52. The van der Waals surface area contributed by atoms with Crippen LogP contribution >= 0.6 is 0 Å². The third-order valence-electron chi connectivity index (χ3n) is 3.33. The largest absolute Gasteiger partial charge is 0.325 e. The Labute approximate surface area is 114 Å². The van der Waals surface area contributed by atoms with E-state index in [1.807, 2.05) is 0 Å². The summed E-state index contributed by atoms with van der Waals surface area (Å²) in [4.78, 5) is 4.31. The van der Waals surface area contributed by atoms with Crippen molar-refractivity contribution < 1.29 is 8.78 Å². The van der Waals surface area contributed by atoms with Crippen LogP contribution in [0.1, 0.15) is 11.3 Å². The third-order valence-corrected chi connectivity index (χ3v) is 3.33. The minimum atomic E-state index is -0.410. The molecule has 3 aromatic rings. The molecule has 0 atom stereocenters. The Balaban J connectivity index is 2.30. The summed E-state index contributed by atoms with van der Waals surface area (Å²) in [6, 6.07) is 7.64. The molecule has 0 fully saturated rings. The van der Waals surface area contributed by atoms with Gasteiger partial charge in [0.1, 0.15) is 5.82 Å². The smallest absolute Gasteiger partial charge is 0.174 e. The Morgan fingerprint density at radius 3 is 2.70 bits per heavy atom. The lowest BCUT2D eigenvalue weighted by Gasteiger charge is -2.04. The normalized spacial score (nSPS) is 11.2. The van der Waals surface area contributed by atoms with Crippen molar-refractivity contribution in [3.05, 3.63) is 59.4 Å². The van der Waals surface area contributed by atoms with Crippen molar-refractivity contribution in [1.82, 2.24) is 9.38 Å². The predicted molar refractivity (Wildman–Crippen MR) is 73.2 cm³/mol. The average molecular weight is 273 g/mol. The van der Waals surface area contributed by atoms with Crippen molar-refractivity contribution in [2.45, 2.75) is 13.5 Å². The van der Waals surface area contributed by atoms with Crippen LogP contribution in [0.2, 0.25) is 0 Å². The van der Waals surface area contributed by atoms with E-state index < -0.39 is 5.82 Å². The van der Waals surface area contributed by atoms with Crippen LogP contribution in [0.5, 0.6) is 0 Å². The third kappa shape index (κ3) is 1.87. The van der Waals surface area contributed by atoms with E-state index in [9.17, 15) is 8.78 Å². The number of pyridine rings is 1. The highest BCUT2D eigenvalue weighted by Gasteiger charge is 2.15. The predicted octanol–water partition coefficient (Wildman–Crippen LogP) is 3.05. The van der Waals surface area contributed by atoms with E-state index in [0.717, 1.165) is 5.56 Å². The topological polar surface area (TPSA) is 43.3 Å². The molecular formula is C15H13F2N3. The van der Waals surface area contributed by atoms with Crippen LogP contribution in [0.4, 0.5) is 8.78 Å². The molecule has 0 unspecified atom stereocenters. The molecule has 0 saturated carbocycles. The van der Waals surface area contributed by atoms with Gasteiger partial charge in [0.25, 0.3) is 0 Å². The number of aromatic nitrogens is 2. The van der Waals surface area contributed by atoms with Crippen LogP contribution in [0.3, 0.4) is 0 Å². The van der Waals surface area contributed by atoms with Gasteiger partial charge in [-0.3, -0.25) is 4.40 Å². The van der Waals surface area contributed by atoms with E-state index in [0.29, 0.717) is 17.0 Å². The van der Waals surface area contributed by atoms with Gasteiger partial charge in [-0.25, -0.2) is 13.8 Å². The molecule has 3 rings (SSSR count). The van der Waals surface area contributed by atoms with Crippen LogP contribution < -0.4 is 5.73 Å². The molecule has 2 aromatic heterocycles. The van der Waals surface area contributed by atoms with Crippen molar-refractivity contribution in [2.75, 3.05) is 0 Å². The second kappa shape index (κ2) is 4.68. The van der Waals surface area contributed by atoms with Gasteiger partial charge in [-0.15, -0.1) is 0 Å². The van der Waals surface area contributed by atoms with Crippen LogP contribution in [0.25, 0.3) is 16.9 Å². The van der Waals surface area contributed by atoms with E-state index in [4.69, 9.17) is 5.73 Å². The lowest BCUT2D eigenvalue weighted by atomic mass is 10.1. The van der Waals surface area contributed by atoms with E-state index in [2.05, 4.69) is 4.98 Å². The van der Waals surface area contributed by atoms with Crippen LogP contribution in [-0.4, -0.2) is 9.38 Å². The Kier molecular flexibility index (Phi) is 2.99. The lowest BCUT2D eigenvalue weighted by Crippen LogP contribution is -2.02. The molecule has 0 aliphatic heterocycles. The van der Waals surface area contributed by atoms with E-state index in [1.165, 1.54) is 12.1 Å². The SMILES string of the molecule is Cc1cc(-c2nc3c(F)cccn3c2CN)ccc1F. The number of aryl methyl sites for hydroxylation is 1.